The molecular weight excluding hydrogens is 154 g/mol. The lowest BCUT2D eigenvalue weighted by molar-refractivity contribution is -1.12. The molecule has 0 rings (SSSR count). The van der Waals surface area contributed by atoms with Crippen LogP contribution in [0.15, 0.2) is 0 Å². The maximum atomic E-state index is 10.4. The van der Waals surface area contributed by atoms with Crippen LogP contribution >= 0.6 is 0 Å². The van der Waals surface area contributed by atoms with E-state index in [1.165, 1.54) is 0 Å². The van der Waals surface area contributed by atoms with Gasteiger partial charge in [-0.25, -0.2) is 10.5 Å². The molecule has 0 aromatic carbocycles. The summed E-state index contributed by atoms with van der Waals surface area (Å²) < 4.78 is 0. The molecule has 0 bridgehead atoms. The monoisotopic (exact) mass is 167 g/mol. The van der Waals surface area contributed by atoms with Crippen molar-refractivity contribution in [1.29, 1.82) is 0 Å². The Morgan fingerprint density at radius 1 is 1.09 bits per heavy atom. The predicted molar refractivity (Wildman–Crippen MR) is 35.0 cm³/mol. The van der Waals surface area contributed by atoms with Crippen molar-refractivity contribution in [3.63, 3.8) is 0 Å². The van der Waals surface area contributed by atoms with Gasteiger partial charge in [-0.05, 0) is 13.8 Å². The van der Waals surface area contributed by atoms with Gasteiger partial charge in [0.15, 0.2) is 0 Å². The lowest BCUT2D eigenvalue weighted by Gasteiger charge is -2.19. The highest BCUT2D eigenvalue weighted by atomic mass is 17.1. The smallest absolute Gasteiger partial charge is 0.106 e. The average molecular weight is 167 g/mol. The highest BCUT2D eigenvalue weighted by molar-refractivity contribution is 3.99. The molecule has 0 aromatic rings. The number of quaternary nitrogens is 2. The first-order valence-electron chi connectivity index (χ1n) is 3.35. The van der Waals surface area contributed by atoms with Gasteiger partial charge < -0.3 is 10.4 Å². The fourth-order valence-electron chi connectivity index (χ4n) is 0.258. The first-order valence-corrected chi connectivity index (χ1v) is 3.35. The van der Waals surface area contributed by atoms with Crippen LogP contribution in [0, 0.1) is 10.4 Å². The number of hydroxylamine groups is 4. The van der Waals surface area contributed by atoms with Crippen LogP contribution in [-0.4, -0.2) is 13.1 Å². The third-order valence-electron chi connectivity index (χ3n) is 0.888. The summed E-state index contributed by atoms with van der Waals surface area (Å²) in [6.07, 6.45) is 0. The van der Waals surface area contributed by atoms with E-state index in [0.717, 1.165) is 0 Å². The zero-order chi connectivity index (χ0) is 8.69. The van der Waals surface area contributed by atoms with Crippen molar-refractivity contribution in [2.75, 3.05) is 13.1 Å². The van der Waals surface area contributed by atoms with Crippen LogP contribution in [0.5, 0.6) is 0 Å². The average Bonchev–Trinajstić information content (AvgIpc) is 2.04. The number of rotatable bonds is 6. The second-order valence-corrected chi connectivity index (χ2v) is 1.74. The maximum Gasteiger partial charge on any atom is 0.106 e. The van der Waals surface area contributed by atoms with Crippen LogP contribution in [0.1, 0.15) is 13.8 Å². The van der Waals surface area contributed by atoms with E-state index >= 15 is 0 Å². The van der Waals surface area contributed by atoms with Gasteiger partial charge in [0.05, 0.1) is 0 Å². The molecule has 0 spiro atoms. The predicted octanol–water partition coefficient (Wildman–Crippen LogP) is -2.93. The van der Waals surface area contributed by atoms with Crippen LogP contribution in [0.2, 0.25) is 0 Å². The van der Waals surface area contributed by atoms with Crippen molar-refractivity contribution in [1.82, 2.24) is 5.64 Å². The third-order valence-corrected chi connectivity index (χ3v) is 0.888. The molecule has 7 nitrogen and oxygen atoms in total. The minimum atomic E-state index is -0.478. The molecule has 2 unspecified atom stereocenters. The van der Waals surface area contributed by atoms with Gasteiger partial charge >= 0.3 is 0 Å². The van der Waals surface area contributed by atoms with Crippen LogP contribution < -0.4 is 16.1 Å². The topological polar surface area (TPSA) is 85.5 Å². The summed E-state index contributed by atoms with van der Waals surface area (Å²) in [6.45, 7) is 3.73. The van der Waals surface area contributed by atoms with E-state index in [-0.39, 0.29) is 13.1 Å². The molecule has 3 N–H and O–H groups in total. The van der Waals surface area contributed by atoms with Gasteiger partial charge in [-0.15, -0.1) is 0 Å². The summed E-state index contributed by atoms with van der Waals surface area (Å²) >= 11 is 0. The summed E-state index contributed by atoms with van der Waals surface area (Å²) in [5.74, 6) is 0. The Morgan fingerprint density at radius 3 is 1.73 bits per heavy atom. The highest BCUT2D eigenvalue weighted by Crippen LogP contribution is 1.47. The van der Waals surface area contributed by atoms with Gasteiger partial charge in [-0.2, -0.15) is 0 Å². The molecule has 2 atom stereocenters. The lowest BCUT2D eigenvalue weighted by atomic mass is 10.8. The van der Waals surface area contributed by atoms with Gasteiger partial charge in [0.1, 0.15) is 13.1 Å². The van der Waals surface area contributed by atoms with Gasteiger partial charge in [0.2, 0.25) is 0 Å². The quantitative estimate of drug-likeness (QED) is 0.369. The van der Waals surface area contributed by atoms with Crippen LogP contribution in [0.4, 0.5) is 0 Å². The Labute approximate surface area is 64.4 Å². The zero-order valence-electron chi connectivity index (χ0n) is 6.55. The normalized spacial score (nSPS) is 16.4. The van der Waals surface area contributed by atoms with E-state index in [2.05, 4.69) is 9.88 Å². The van der Waals surface area contributed by atoms with E-state index in [4.69, 9.17) is 0 Å². The van der Waals surface area contributed by atoms with Crippen LogP contribution in [-0.2, 0) is 9.88 Å². The van der Waals surface area contributed by atoms with Gasteiger partial charge in [0.25, 0.3) is 0 Å². The van der Waals surface area contributed by atoms with Gasteiger partial charge in [-0.1, -0.05) is 9.88 Å². The van der Waals surface area contributed by atoms with Crippen molar-refractivity contribution in [2.45, 2.75) is 13.8 Å². The third kappa shape index (κ3) is 6.13. The fraction of sp³-hybridized carbons (Fsp3) is 1.00. The number of hydrogen-bond acceptors (Lipinski definition) is 5. The lowest BCUT2D eigenvalue weighted by Crippen LogP contribution is -3.11. The second-order valence-electron chi connectivity index (χ2n) is 1.74. The summed E-state index contributed by atoms with van der Waals surface area (Å²) in [5.41, 5.74) is 1.79. The van der Waals surface area contributed by atoms with Crippen molar-refractivity contribution >= 4 is 0 Å². The van der Waals surface area contributed by atoms with E-state index < -0.39 is 10.5 Å². The molecule has 0 radical (unpaired) electrons. The van der Waals surface area contributed by atoms with Gasteiger partial charge in [-0.3, -0.25) is 0 Å². The van der Waals surface area contributed by atoms with Crippen LogP contribution in [0.3, 0.4) is 0 Å². The van der Waals surface area contributed by atoms with Crippen LogP contribution in [0.25, 0.3) is 0 Å². The standard InChI is InChI=1S/C4H13N3O4/c1-3-6(8)10-5-11-7(9)4-2/h5-7H,3-4H2,1-2H3. The first-order chi connectivity index (χ1) is 5.20. The Kier molecular flexibility index (Phi) is 6.27. The van der Waals surface area contributed by atoms with Gasteiger partial charge in [0, 0.05) is 5.64 Å². The molecular formula is C4H13N3O4. The maximum absolute atomic E-state index is 10.4. The molecule has 0 heterocycles. The molecule has 11 heavy (non-hydrogen) atoms. The van der Waals surface area contributed by atoms with Crippen molar-refractivity contribution < 1.29 is 20.3 Å². The number of nitrogens with one attached hydrogen (secondary N) is 3. The SMILES string of the molecule is CC[NH+]([O-])ONO[NH+]([O-])CC. The molecule has 7 heteroatoms. The second kappa shape index (κ2) is 6.43. The Bertz CT molecular complexity index is 83.4. The molecule has 0 aliphatic heterocycles. The molecule has 0 aliphatic rings. The fourth-order valence-corrected chi connectivity index (χ4v) is 0.258. The van der Waals surface area contributed by atoms with E-state index in [9.17, 15) is 10.4 Å². The molecule has 0 saturated heterocycles. The molecule has 0 saturated carbocycles. The summed E-state index contributed by atoms with van der Waals surface area (Å²) in [4.78, 5) is 8.46. The highest BCUT2D eigenvalue weighted by Gasteiger charge is 1.96. The first kappa shape index (κ1) is 10.7. The minimum absolute atomic E-state index is 0.233. The van der Waals surface area contributed by atoms with Crippen molar-refractivity contribution in [3.05, 3.63) is 10.4 Å². The summed E-state index contributed by atoms with van der Waals surface area (Å²) in [7, 11) is 0. The van der Waals surface area contributed by atoms with Crippen molar-refractivity contribution in [3.8, 4) is 0 Å². The summed E-state index contributed by atoms with van der Waals surface area (Å²) in [6, 6.07) is 0. The molecule has 68 valence electrons. The van der Waals surface area contributed by atoms with E-state index in [1.54, 1.807) is 19.5 Å². The van der Waals surface area contributed by atoms with Crippen molar-refractivity contribution in [2.24, 2.45) is 0 Å². The Morgan fingerprint density at radius 2 is 1.45 bits per heavy atom. The number of hydrogen-bond donors (Lipinski definition) is 3. The van der Waals surface area contributed by atoms with E-state index in [0.29, 0.717) is 0 Å². The molecule has 0 aromatic heterocycles. The molecule has 0 fully saturated rings. The Hall–Kier alpha value is -0.280. The Balaban J connectivity index is 3.13. The molecule has 0 aliphatic carbocycles. The minimum Gasteiger partial charge on any atom is -0.598 e. The van der Waals surface area contributed by atoms with E-state index in [1.807, 2.05) is 0 Å². The molecule has 0 amide bonds. The zero-order valence-corrected chi connectivity index (χ0v) is 6.55. The summed E-state index contributed by atoms with van der Waals surface area (Å²) in [5, 5.41) is 19.9. The largest absolute Gasteiger partial charge is 0.598 e.